The van der Waals surface area contributed by atoms with Gasteiger partial charge in [-0.1, -0.05) is 6.07 Å². The molecule has 0 saturated heterocycles. The van der Waals surface area contributed by atoms with Crippen molar-refractivity contribution in [1.82, 2.24) is 0 Å². The number of alkyl halides is 2. The predicted molar refractivity (Wildman–Crippen MR) is 88.2 cm³/mol. The van der Waals surface area contributed by atoms with Gasteiger partial charge in [0.05, 0.1) is 12.8 Å². The summed E-state index contributed by atoms with van der Waals surface area (Å²) in [6.07, 6.45) is 1.14. The van der Waals surface area contributed by atoms with Crippen molar-refractivity contribution < 1.29 is 31.8 Å². The Kier molecular flexibility index (Phi) is 6.38. The molecule has 9 heteroatoms. The lowest BCUT2D eigenvalue weighted by molar-refractivity contribution is -0.112. The number of rotatable bonds is 6. The summed E-state index contributed by atoms with van der Waals surface area (Å²) in [7, 11) is 1.23. The van der Waals surface area contributed by atoms with Gasteiger partial charge in [-0.3, -0.25) is 4.79 Å². The molecule has 27 heavy (non-hydrogen) atoms. The molecule has 0 heterocycles. The van der Waals surface area contributed by atoms with Gasteiger partial charge in [-0.05, 0) is 35.9 Å². The fourth-order valence-corrected chi connectivity index (χ4v) is 2.06. The summed E-state index contributed by atoms with van der Waals surface area (Å²) >= 11 is 0. The third kappa shape index (κ3) is 5.22. The van der Waals surface area contributed by atoms with Crippen molar-refractivity contribution in [3.63, 3.8) is 0 Å². The molecule has 2 aromatic rings. The SMILES string of the molecule is COc1cc(/C=C(\C#N)C(=O)Nc2ccc(F)cc2F)ccc1OC(F)F. The molecule has 5 nitrogen and oxygen atoms in total. The molecule has 0 saturated carbocycles. The molecule has 0 spiro atoms. The zero-order valence-electron chi connectivity index (χ0n) is 13.8. The summed E-state index contributed by atoms with van der Waals surface area (Å²) in [5.74, 6) is -3.02. The summed E-state index contributed by atoms with van der Waals surface area (Å²) in [5, 5.41) is 11.3. The molecule has 0 aliphatic carbocycles. The number of hydrogen-bond donors (Lipinski definition) is 1. The average Bonchev–Trinajstić information content (AvgIpc) is 2.62. The molecule has 2 rings (SSSR count). The Labute approximate surface area is 151 Å². The van der Waals surface area contributed by atoms with Crippen LogP contribution in [0.1, 0.15) is 5.56 Å². The van der Waals surface area contributed by atoms with E-state index in [9.17, 15) is 22.4 Å². The molecule has 0 atom stereocenters. The van der Waals surface area contributed by atoms with Crippen LogP contribution in [-0.2, 0) is 4.79 Å². The maximum absolute atomic E-state index is 13.6. The predicted octanol–water partition coefficient (Wildman–Crippen LogP) is 4.12. The van der Waals surface area contributed by atoms with Gasteiger partial charge in [-0.25, -0.2) is 8.78 Å². The molecular formula is C18H12F4N2O3. The van der Waals surface area contributed by atoms with Crippen molar-refractivity contribution in [2.75, 3.05) is 12.4 Å². The molecule has 2 aromatic carbocycles. The zero-order valence-corrected chi connectivity index (χ0v) is 13.8. The molecule has 1 amide bonds. The number of methoxy groups -OCH3 is 1. The fraction of sp³-hybridized carbons (Fsp3) is 0.111. The van der Waals surface area contributed by atoms with Crippen molar-refractivity contribution in [2.45, 2.75) is 6.61 Å². The largest absolute Gasteiger partial charge is 0.493 e. The highest BCUT2D eigenvalue weighted by Gasteiger charge is 2.14. The topological polar surface area (TPSA) is 71.3 Å². The van der Waals surface area contributed by atoms with Crippen molar-refractivity contribution in [3.05, 3.63) is 59.2 Å². The van der Waals surface area contributed by atoms with E-state index in [1.807, 2.05) is 0 Å². The Morgan fingerprint density at radius 3 is 2.52 bits per heavy atom. The number of amides is 1. The van der Waals surface area contributed by atoms with Gasteiger partial charge < -0.3 is 14.8 Å². The van der Waals surface area contributed by atoms with E-state index in [1.54, 1.807) is 6.07 Å². The molecule has 0 fully saturated rings. The normalized spacial score (nSPS) is 11.1. The van der Waals surface area contributed by atoms with Crippen molar-refractivity contribution in [2.24, 2.45) is 0 Å². The summed E-state index contributed by atoms with van der Waals surface area (Å²) in [6, 6.07) is 7.97. The zero-order chi connectivity index (χ0) is 20.0. The Bertz CT molecular complexity index is 923. The van der Waals surface area contributed by atoms with Crippen LogP contribution in [0.3, 0.4) is 0 Å². The maximum Gasteiger partial charge on any atom is 0.387 e. The maximum atomic E-state index is 13.6. The van der Waals surface area contributed by atoms with E-state index in [0.717, 1.165) is 18.2 Å². The highest BCUT2D eigenvalue weighted by atomic mass is 19.3. The minimum atomic E-state index is -3.05. The molecule has 0 aromatic heterocycles. The monoisotopic (exact) mass is 380 g/mol. The second-order valence-electron chi connectivity index (χ2n) is 5.04. The van der Waals surface area contributed by atoms with Crippen molar-refractivity contribution in [1.29, 1.82) is 5.26 Å². The quantitative estimate of drug-likeness (QED) is 0.465. The fourth-order valence-electron chi connectivity index (χ4n) is 2.06. The van der Waals surface area contributed by atoms with Crippen LogP contribution in [0.15, 0.2) is 42.0 Å². The minimum absolute atomic E-state index is 0.0358. The number of nitrogens with zero attached hydrogens (tertiary/aromatic N) is 1. The molecule has 0 bridgehead atoms. The van der Waals surface area contributed by atoms with Gasteiger partial charge >= 0.3 is 6.61 Å². The third-order valence-corrected chi connectivity index (χ3v) is 3.26. The summed E-state index contributed by atoms with van der Waals surface area (Å²) in [5.41, 5.74) is -0.427. The smallest absolute Gasteiger partial charge is 0.387 e. The second kappa shape index (κ2) is 8.71. The number of carbonyl (C=O) groups is 1. The number of halogens is 4. The average molecular weight is 380 g/mol. The Morgan fingerprint density at radius 1 is 1.19 bits per heavy atom. The van der Waals surface area contributed by atoms with Gasteiger partial charge in [-0.2, -0.15) is 14.0 Å². The first-order chi connectivity index (χ1) is 12.8. The standard InChI is InChI=1S/C18H12F4N2O3/c1-26-16-7-10(2-5-15(16)27-18(21)22)6-11(9-23)17(25)24-14-4-3-12(19)8-13(14)20/h2-8,18H,1H3,(H,24,25)/b11-6+. The van der Waals surface area contributed by atoms with Crippen LogP contribution in [0, 0.1) is 23.0 Å². The molecule has 0 aliphatic heterocycles. The molecular weight excluding hydrogens is 368 g/mol. The number of nitriles is 1. The van der Waals surface area contributed by atoms with Gasteiger partial charge in [0, 0.05) is 6.07 Å². The number of hydrogen-bond acceptors (Lipinski definition) is 4. The molecule has 0 radical (unpaired) electrons. The number of ether oxygens (including phenoxy) is 2. The number of carbonyl (C=O) groups excluding carboxylic acids is 1. The van der Waals surface area contributed by atoms with Gasteiger partial charge in [0.2, 0.25) is 0 Å². The van der Waals surface area contributed by atoms with Gasteiger partial charge in [0.1, 0.15) is 23.3 Å². The van der Waals surface area contributed by atoms with Crippen LogP contribution in [0.4, 0.5) is 23.2 Å². The molecule has 140 valence electrons. The van der Waals surface area contributed by atoms with Crippen LogP contribution in [-0.4, -0.2) is 19.6 Å². The Hall–Kier alpha value is -3.54. The van der Waals surface area contributed by atoms with E-state index >= 15 is 0 Å². The first-order valence-electron chi connectivity index (χ1n) is 7.35. The highest BCUT2D eigenvalue weighted by Crippen LogP contribution is 2.30. The molecule has 1 N–H and O–H groups in total. The van der Waals surface area contributed by atoms with Crippen molar-refractivity contribution in [3.8, 4) is 17.6 Å². The van der Waals surface area contributed by atoms with Crippen LogP contribution >= 0.6 is 0 Å². The first kappa shape index (κ1) is 19.8. The number of anilines is 1. The summed E-state index contributed by atoms with van der Waals surface area (Å²) in [6.45, 7) is -3.05. The van der Waals surface area contributed by atoms with Gasteiger partial charge in [-0.15, -0.1) is 0 Å². The molecule has 0 aliphatic rings. The van der Waals surface area contributed by atoms with E-state index in [1.165, 1.54) is 25.3 Å². The van der Waals surface area contributed by atoms with E-state index < -0.39 is 29.7 Å². The van der Waals surface area contributed by atoms with Gasteiger partial charge in [0.15, 0.2) is 11.5 Å². The molecule has 0 unspecified atom stereocenters. The van der Waals surface area contributed by atoms with E-state index in [2.05, 4.69) is 10.1 Å². The highest BCUT2D eigenvalue weighted by molar-refractivity contribution is 6.09. The summed E-state index contributed by atoms with van der Waals surface area (Å²) < 4.78 is 60.4. The Morgan fingerprint density at radius 2 is 1.93 bits per heavy atom. The summed E-state index contributed by atoms with van der Waals surface area (Å²) in [4.78, 5) is 12.1. The van der Waals surface area contributed by atoms with Crippen molar-refractivity contribution >= 4 is 17.7 Å². The lowest BCUT2D eigenvalue weighted by atomic mass is 10.1. The minimum Gasteiger partial charge on any atom is -0.493 e. The van der Waals surface area contributed by atoms with Crippen LogP contribution < -0.4 is 14.8 Å². The number of nitrogens with one attached hydrogen (secondary N) is 1. The van der Waals surface area contributed by atoms with Gasteiger partial charge in [0.25, 0.3) is 5.91 Å². The second-order valence-corrected chi connectivity index (χ2v) is 5.04. The van der Waals surface area contributed by atoms with Crippen LogP contribution in [0.2, 0.25) is 0 Å². The Balaban J connectivity index is 2.26. The first-order valence-corrected chi connectivity index (χ1v) is 7.35. The lowest BCUT2D eigenvalue weighted by Gasteiger charge is -2.10. The number of benzene rings is 2. The van der Waals surface area contributed by atoms with Crippen LogP contribution in [0.5, 0.6) is 11.5 Å². The van der Waals surface area contributed by atoms with Crippen LogP contribution in [0.25, 0.3) is 6.08 Å². The van der Waals surface area contributed by atoms with E-state index in [0.29, 0.717) is 6.07 Å². The lowest BCUT2D eigenvalue weighted by Crippen LogP contribution is -2.14. The third-order valence-electron chi connectivity index (χ3n) is 3.26. The van der Waals surface area contributed by atoms with E-state index in [-0.39, 0.29) is 22.7 Å². The van der Waals surface area contributed by atoms with E-state index in [4.69, 9.17) is 10.00 Å².